The number of carbonyl (C=O) groups excluding carboxylic acids is 1. The molecule has 0 radical (unpaired) electrons. The molecule has 0 aliphatic heterocycles. The first-order chi connectivity index (χ1) is 9.11. The SMILES string of the molecule is CCCC1CCC(Nc2snc(C)c2C(C)=O)CC1. The highest BCUT2D eigenvalue weighted by Crippen LogP contribution is 2.32. The standard InChI is InChI=1S/C15H24N2OS/c1-4-5-12-6-8-13(9-7-12)16-15-14(11(3)18)10(2)17-19-15/h12-13,16H,4-9H2,1-3H3. The third kappa shape index (κ3) is 3.56. The molecule has 0 amide bonds. The van der Waals surface area contributed by atoms with Crippen LogP contribution >= 0.6 is 11.5 Å². The third-order valence-corrected chi connectivity index (χ3v) is 4.96. The van der Waals surface area contributed by atoms with Crippen LogP contribution < -0.4 is 5.32 Å². The average Bonchev–Trinajstić information content (AvgIpc) is 2.73. The number of anilines is 1. The number of aryl methyl sites for hydroxylation is 1. The highest BCUT2D eigenvalue weighted by atomic mass is 32.1. The molecule has 0 saturated heterocycles. The summed E-state index contributed by atoms with van der Waals surface area (Å²) >= 11 is 1.43. The Bertz CT molecular complexity index is 433. The molecule has 1 heterocycles. The summed E-state index contributed by atoms with van der Waals surface area (Å²) in [7, 11) is 0. The first kappa shape index (κ1) is 14.5. The van der Waals surface area contributed by atoms with Crippen LogP contribution in [-0.2, 0) is 0 Å². The van der Waals surface area contributed by atoms with Crippen LogP contribution in [0, 0.1) is 12.8 Å². The Kier molecular flexibility index (Phi) is 4.97. The maximum absolute atomic E-state index is 11.7. The quantitative estimate of drug-likeness (QED) is 0.812. The van der Waals surface area contributed by atoms with Crippen molar-refractivity contribution in [1.82, 2.24) is 4.37 Å². The Labute approximate surface area is 120 Å². The van der Waals surface area contributed by atoms with Crippen LogP contribution in [0.1, 0.15) is 68.4 Å². The van der Waals surface area contributed by atoms with Gasteiger partial charge in [-0.05, 0) is 57.0 Å². The van der Waals surface area contributed by atoms with Crippen LogP contribution in [0.2, 0.25) is 0 Å². The van der Waals surface area contributed by atoms with Crippen molar-refractivity contribution in [3.05, 3.63) is 11.3 Å². The second-order valence-electron chi connectivity index (χ2n) is 5.68. The fraction of sp³-hybridized carbons (Fsp3) is 0.733. The molecular formula is C15H24N2OS. The van der Waals surface area contributed by atoms with E-state index in [1.54, 1.807) is 6.92 Å². The molecule has 1 aromatic heterocycles. The highest BCUT2D eigenvalue weighted by Gasteiger charge is 2.23. The fourth-order valence-electron chi connectivity index (χ4n) is 3.07. The number of rotatable bonds is 5. The largest absolute Gasteiger partial charge is 0.372 e. The number of Topliss-reactive ketones (excluding diaryl/α,β-unsaturated/α-hetero) is 1. The molecule has 2 rings (SSSR count). The number of carbonyl (C=O) groups is 1. The van der Waals surface area contributed by atoms with Gasteiger partial charge in [-0.2, -0.15) is 4.37 Å². The van der Waals surface area contributed by atoms with E-state index in [0.717, 1.165) is 22.2 Å². The van der Waals surface area contributed by atoms with E-state index in [1.807, 2.05) is 6.92 Å². The van der Waals surface area contributed by atoms with Gasteiger partial charge in [-0.3, -0.25) is 4.79 Å². The zero-order chi connectivity index (χ0) is 13.8. The molecule has 0 aromatic carbocycles. The molecule has 1 aliphatic rings. The number of ketones is 1. The lowest BCUT2D eigenvalue weighted by Crippen LogP contribution is -2.26. The van der Waals surface area contributed by atoms with Gasteiger partial charge >= 0.3 is 0 Å². The molecule has 19 heavy (non-hydrogen) atoms. The summed E-state index contributed by atoms with van der Waals surface area (Å²) in [4.78, 5) is 11.7. The Hall–Kier alpha value is -0.900. The van der Waals surface area contributed by atoms with Crippen LogP contribution in [0.25, 0.3) is 0 Å². The summed E-state index contributed by atoms with van der Waals surface area (Å²) in [5.41, 5.74) is 1.65. The Morgan fingerprint density at radius 1 is 1.37 bits per heavy atom. The molecule has 0 spiro atoms. The minimum atomic E-state index is 0.119. The molecular weight excluding hydrogens is 256 g/mol. The molecule has 1 fully saturated rings. The third-order valence-electron chi connectivity index (χ3n) is 4.09. The zero-order valence-corrected chi connectivity index (χ0v) is 13.0. The molecule has 4 heteroatoms. The van der Waals surface area contributed by atoms with Crippen LogP contribution in [0.4, 0.5) is 5.00 Å². The molecule has 1 saturated carbocycles. The van der Waals surface area contributed by atoms with Gasteiger partial charge in [-0.1, -0.05) is 19.8 Å². The van der Waals surface area contributed by atoms with E-state index in [0.29, 0.717) is 6.04 Å². The van der Waals surface area contributed by atoms with Gasteiger partial charge in [0.1, 0.15) is 5.00 Å². The van der Waals surface area contributed by atoms with Crippen LogP contribution in [0.3, 0.4) is 0 Å². The monoisotopic (exact) mass is 280 g/mol. The van der Waals surface area contributed by atoms with E-state index in [9.17, 15) is 4.79 Å². The predicted octanol–water partition coefficient (Wildman–Crippen LogP) is 4.42. The van der Waals surface area contributed by atoms with Gasteiger partial charge in [0.15, 0.2) is 5.78 Å². The predicted molar refractivity (Wildman–Crippen MR) is 81.1 cm³/mol. The van der Waals surface area contributed by atoms with Gasteiger partial charge in [0, 0.05) is 6.04 Å². The van der Waals surface area contributed by atoms with Crippen molar-refractivity contribution in [2.24, 2.45) is 5.92 Å². The molecule has 1 aromatic rings. The lowest BCUT2D eigenvalue weighted by molar-refractivity contribution is 0.101. The van der Waals surface area contributed by atoms with Crippen LogP contribution in [-0.4, -0.2) is 16.2 Å². The van der Waals surface area contributed by atoms with Crippen molar-refractivity contribution in [3.63, 3.8) is 0 Å². The minimum absolute atomic E-state index is 0.119. The van der Waals surface area contributed by atoms with Crippen molar-refractivity contribution >= 4 is 22.3 Å². The van der Waals surface area contributed by atoms with E-state index >= 15 is 0 Å². The number of nitrogens with zero attached hydrogens (tertiary/aromatic N) is 1. The van der Waals surface area contributed by atoms with E-state index in [1.165, 1.54) is 50.1 Å². The summed E-state index contributed by atoms with van der Waals surface area (Å²) in [5, 5.41) is 4.53. The Morgan fingerprint density at radius 3 is 2.63 bits per heavy atom. The Morgan fingerprint density at radius 2 is 2.05 bits per heavy atom. The van der Waals surface area contributed by atoms with Crippen molar-refractivity contribution in [2.75, 3.05) is 5.32 Å². The summed E-state index contributed by atoms with van der Waals surface area (Å²) in [6, 6.07) is 0.519. The maximum atomic E-state index is 11.7. The summed E-state index contributed by atoms with van der Waals surface area (Å²) in [6.45, 7) is 5.81. The number of hydrogen-bond acceptors (Lipinski definition) is 4. The average molecular weight is 280 g/mol. The maximum Gasteiger partial charge on any atom is 0.164 e. The molecule has 1 N–H and O–H groups in total. The van der Waals surface area contributed by atoms with Crippen molar-refractivity contribution in [3.8, 4) is 0 Å². The number of hydrogen-bond donors (Lipinski definition) is 1. The first-order valence-corrected chi connectivity index (χ1v) is 8.12. The lowest BCUT2D eigenvalue weighted by atomic mass is 9.83. The van der Waals surface area contributed by atoms with Crippen LogP contribution in [0.15, 0.2) is 0 Å². The topological polar surface area (TPSA) is 42.0 Å². The van der Waals surface area contributed by atoms with Gasteiger partial charge in [0.25, 0.3) is 0 Å². The van der Waals surface area contributed by atoms with Crippen LogP contribution in [0.5, 0.6) is 0 Å². The zero-order valence-electron chi connectivity index (χ0n) is 12.2. The van der Waals surface area contributed by atoms with E-state index in [2.05, 4.69) is 16.6 Å². The molecule has 106 valence electrons. The van der Waals surface area contributed by atoms with Gasteiger partial charge < -0.3 is 5.32 Å². The van der Waals surface area contributed by atoms with E-state index in [-0.39, 0.29) is 5.78 Å². The Balaban J connectivity index is 1.94. The number of nitrogens with one attached hydrogen (secondary N) is 1. The van der Waals surface area contributed by atoms with E-state index in [4.69, 9.17) is 0 Å². The van der Waals surface area contributed by atoms with Crippen molar-refractivity contribution in [1.29, 1.82) is 0 Å². The smallest absolute Gasteiger partial charge is 0.164 e. The van der Waals surface area contributed by atoms with Gasteiger partial charge in [-0.15, -0.1) is 0 Å². The fourth-order valence-corrected chi connectivity index (χ4v) is 3.99. The van der Waals surface area contributed by atoms with Crippen molar-refractivity contribution in [2.45, 2.75) is 65.3 Å². The molecule has 0 atom stereocenters. The highest BCUT2D eigenvalue weighted by molar-refractivity contribution is 7.10. The molecule has 3 nitrogen and oxygen atoms in total. The summed E-state index contributed by atoms with van der Waals surface area (Å²) in [5.74, 6) is 1.03. The summed E-state index contributed by atoms with van der Waals surface area (Å²) < 4.78 is 4.31. The second kappa shape index (κ2) is 6.51. The van der Waals surface area contributed by atoms with Gasteiger partial charge in [0.05, 0.1) is 11.3 Å². The molecule has 0 bridgehead atoms. The van der Waals surface area contributed by atoms with Crippen molar-refractivity contribution < 1.29 is 4.79 Å². The van der Waals surface area contributed by atoms with Gasteiger partial charge in [0.2, 0.25) is 0 Å². The molecule has 0 unspecified atom stereocenters. The number of aromatic nitrogens is 1. The normalized spacial score (nSPS) is 23.3. The first-order valence-electron chi connectivity index (χ1n) is 7.35. The summed E-state index contributed by atoms with van der Waals surface area (Å²) in [6.07, 6.45) is 7.74. The van der Waals surface area contributed by atoms with Gasteiger partial charge in [-0.25, -0.2) is 0 Å². The minimum Gasteiger partial charge on any atom is -0.372 e. The molecule has 1 aliphatic carbocycles. The second-order valence-corrected chi connectivity index (χ2v) is 6.45. The van der Waals surface area contributed by atoms with E-state index < -0.39 is 0 Å². The lowest BCUT2D eigenvalue weighted by Gasteiger charge is -2.29.